The Morgan fingerprint density at radius 1 is 0.909 bits per heavy atom. The molecule has 1 aliphatic heterocycles. The van der Waals surface area contributed by atoms with E-state index in [2.05, 4.69) is 59.1 Å². The van der Waals surface area contributed by atoms with E-state index >= 15 is 0 Å². The quantitative estimate of drug-likeness (QED) is 0.821. The van der Waals surface area contributed by atoms with Crippen molar-refractivity contribution < 1.29 is 4.52 Å². The first-order valence-corrected chi connectivity index (χ1v) is 8.30. The minimum atomic E-state index is 0.942. The Bertz CT molecular complexity index is 462. The predicted molar refractivity (Wildman–Crippen MR) is 94.7 cm³/mol. The summed E-state index contributed by atoms with van der Waals surface area (Å²) >= 11 is 0. The molecule has 0 atom stereocenters. The molecule has 3 rings (SSSR count). The molecule has 0 saturated carbocycles. The van der Waals surface area contributed by atoms with Crippen LogP contribution in [0.2, 0.25) is 0 Å². The zero-order chi connectivity index (χ0) is 16.2. The third-order valence-corrected chi connectivity index (χ3v) is 3.15. The van der Waals surface area contributed by atoms with Crippen LogP contribution in [0.4, 0.5) is 11.5 Å². The monoisotopic (exact) mass is 303 g/mol. The van der Waals surface area contributed by atoms with Gasteiger partial charge < -0.3 is 14.3 Å². The molecule has 122 valence electrons. The Kier molecular flexibility index (Phi) is 8.80. The summed E-state index contributed by atoms with van der Waals surface area (Å²) in [5.41, 5.74) is 1.30. The van der Waals surface area contributed by atoms with Crippen molar-refractivity contribution in [3.63, 3.8) is 0 Å². The lowest BCUT2D eigenvalue weighted by molar-refractivity contribution is 0.418. The molecule has 0 N–H and O–H groups in total. The molecule has 0 unspecified atom stereocenters. The molecule has 0 radical (unpaired) electrons. The number of nitrogens with zero attached hydrogens (tertiary/aromatic N) is 3. The van der Waals surface area contributed by atoms with Gasteiger partial charge in [-0.25, -0.2) is 0 Å². The molecule has 0 aliphatic carbocycles. The molecule has 1 fully saturated rings. The smallest absolute Gasteiger partial charge is 0.172 e. The SMILES string of the molecule is CC.CCC.c1ccc(N2CCN(c3ccon3)CC2)cc1. The first kappa shape index (κ1) is 18.1. The van der Waals surface area contributed by atoms with E-state index in [1.54, 1.807) is 6.26 Å². The normalized spacial score (nSPS) is 13.6. The Labute approximate surface area is 134 Å². The fraction of sp³-hybridized carbons (Fsp3) is 0.500. The third-order valence-electron chi connectivity index (χ3n) is 3.15. The van der Waals surface area contributed by atoms with Crippen LogP contribution in [0.5, 0.6) is 0 Å². The highest BCUT2D eigenvalue weighted by Crippen LogP contribution is 2.18. The van der Waals surface area contributed by atoms with Crippen molar-refractivity contribution in [2.75, 3.05) is 36.0 Å². The minimum absolute atomic E-state index is 0.942. The van der Waals surface area contributed by atoms with Crippen molar-refractivity contribution in [1.29, 1.82) is 0 Å². The number of piperazine rings is 1. The Balaban J connectivity index is 0.000000435. The summed E-state index contributed by atoms with van der Waals surface area (Å²) in [5, 5.41) is 3.97. The number of hydrogen-bond acceptors (Lipinski definition) is 4. The van der Waals surface area contributed by atoms with Crippen LogP contribution in [-0.4, -0.2) is 31.3 Å². The van der Waals surface area contributed by atoms with Gasteiger partial charge in [0.05, 0.1) is 0 Å². The molecule has 1 aromatic carbocycles. The molecule has 0 amide bonds. The number of hydrogen-bond donors (Lipinski definition) is 0. The molecule has 1 aliphatic rings. The average Bonchev–Trinajstić information content (AvgIpc) is 3.13. The van der Waals surface area contributed by atoms with Crippen LogP contribution in [0.3, 0.4) is 0 Å². The largest absolute Gasteiger partial charge is 0.368 e. The number of anilines is 2. The van der Waals surface area contributed by atoms with Crippen LogP contribution in [-0.2, 0) is 0 Å². The fourth-order valence-electron chi connectivity index (χ4n) is 2.20. The van der Waals surface area contributed by atoms with E-state index in [0.717, 1.165) is 32.0 Å². The van der Waals surface area contributed by atoms with Crippen molar-refractivity contribution in [2.24, 2.45) is 0 Å². The van der Waals surface area contributed by atoms with Crippen molar-refractivity contribution in [1.82, 2.24) is 5.16 Å². The van der Waals surface area contributed by atoms with E-state index in [1.807, 2.05) is 19.9 Å². The van der Waals surface area contributed by atoms with Gasteiger partial charge in [0.1, 0.15) is 6.26 Å². The lowest BCUT2D eigenvalue weighted by Gasteiger charge is -2.35. The van der Waals surface area contributed by atoms with E-state index in [4.69, 9.17) is 4.52 Å². The third kappa shape index (κ3) is 5.43. The van der Waals surface area contributed by atoms with Gasteiger partial charge in [0, 0.05) is 37.9 Å². The predicted octanol–water partition coefficient (Wildman–Crippen LogP) is 4.44. The molecule has 4 heteroatoms. The summed E-state index contributed by atoms with van der Waals surface area (Å²) in [5.74, 6) is 0.942. The maximum atomic E-state index is 4.87. The van der Waals surface area contributed by atoms with Gasteiger partial charge in [-0.15, -0.1) is 0 Å². The zero-order valence-electron chi connectivity index (χ0n) is 14.3. The van der Waals surface area contributed by atoms with Crippen molar-refractivity contribution in [2.45, 2.75) is 34.1 Å². The summed E-state index contributed by atoms with van der Waals surface area (Å²) in [7, 11) is 0. The van der Waals surface area contributed by atoms with Gasteiger partial charge in [-0.05, 0) is 12.1 Å². The topological polar surface area (TPSA) is 32.5 Å². The average molecular weight is 303 g/mol. The van der Waals surface area contributed by atoms with Crippen molar-refractivity contribution >= 4 is 11.5 Å². The molecule has 22 heavy (non-hydrogen) atoms. The Morgan fingerprint density at radius 2 is 1.45 bits per heavy atom. The Morgan fingerprint density at radius 3 is 1.95 bits per heavy atom. The number of rotatable bonds is 2. The summed E-state index contributed by atoms with van der Waals surface area (Å²) in [6.45, 7) is 12.3. The standard InChI is InChI=1S/C13H15N3O.C3H8.C2H6/c1-2-4-12(5-3-1)15-7-9-16(10-8-15)13-6-11-17-14-13;1-3-2;1-2/h1-6,11H,7-10H2;3H2,1-2H3;1-2H3. The molecule has 4 nitrogen and oxygen atoms in total. The summed E-state index contributed by atoms with van der Waals surface area (Å²) in [6.07, 6.45) is 2.87. The molecule has 2 aromatic rings. The summed E-state index contributed by atoms with van der Waals surface area (Å²) in [4.78, 5) is 4.65. The van der Waals surface area contributed by atoms with Gasteiger partial charge in [-0.1, -0.05) is 57.5 Å². The summed E-state index contributed by atoms with van der Waals surface area (Å²) in [6, 6.07) is 12.4. The number of benzene rings is 1. The van der Waals surface area contributed by atoms with E-state index in [0.29, 0.717) is 0 Å². The van der Waals surface area contributed by atoms with Gasteiger partial charge in [-0.3, -0.25) is 0 Å². The second kappa shape index (κ2) is 10.7. The summed E-state index contributed by atoms with van der Waals surface area (Å²) < 4.78 is 4.87. The van der Waals surface area contributed by atoms with Crippen LogP contribution >= 0.6 is 0 Å². The molecule has 0 spiro atoms. The van der Waals surface area contributed by atoms with E-state index in [9.17, 15) is 0 Å². The van der Waals surface area contributed by atoms with Crippen molar-refractivity contribution in [3.8, 4) is 0 Å². The van der Waals surface area contributed by atoms with Crippen LogP contribution in [0.1, 0.15) is 34.1 Å². The van der Waals surface area contributed by atoms with Crippen LogP contribution in [0.15, 0.2) is 47.2 Å². The highest BCUT2D eigenvalue weighted by atomic mass is 16.5. The van der Waals surface area contributed by atoms with Gasteiger partial charge in [-0.2, -0.15) is 0 Å². The highest BCUT2D eigenvalue weighted by molar-refractivity contribution is 5.48. The van der Waals surface area contributed by atoms with Gasteiger partial charge >= 0.3 is 0 Å². The molecule has 1 saturated heterocycles. The van der Waals surface area contributed by atoms with Crippen LogP contribution in [0, 0.1) is 0 Å². The van der Waals surface area contributed by atoms with E-state index < -0.39 is 0 Å². The van der Waals surface area contributed by atoms with Crippen LogP contribution in [0.25, 0.3) is 0 Å². The minimum Gasteiger partial charge on any atom is -0.368 e. The second-order valence-electron chi connectivity index (χ2n) is 4.87. The lowest BCUT2D eigenvalue weighted by atomic mass is 10.2. The first-order valence-electron chi connectivity index (χ1n) is 8.30. The van der Waals surface area contributed by atoms with E-state index in [-0.39, 0.29) is 0 Å². The zero-order valence-corrected chi connectivity index (χ0v) is 14.3. The molecule has 0 bridgehead atoms. The molecule has 2 heterocycles. The Hall–Kier alpha value is -1.97. The van der Waals surface area contributed by atoms with Gasteiger partial charge in [0.2, 0.25) is 0 Å². The number of para-hydroxylation sites is 1. The number of aromatic nitrogens is 1. The maximum absolute atomic E-state index is 4.87. The first-order chi connectivity index (χ1) is 10.8. The maximum Gasteiger partial charge on any atom is 0.172 e. The highest BCUT2D eigenvalue weighted by Gasteiger charge is 2.18. The van der Waals surface area contributed by atoms with Gasteiger partial charge in [0.25, 0.3) is 0 Å². The van der Waals surface area contributed by atoms with Crippen molar-refractivity contribution in [3.05, 3.63) is 42.7 Å². The second-order valence-corrected chi connectivity index (χ2v) is 4.87. The molecular formula is C18H29N3O. The molecular weight excluding hydrogens is 274 g/mol. The van der Waals surface area contributed by atoms with Crippen LogP contribution < -0.4 is 9.80 Å². The molecule has 1 aromatic heterocycles. The van der Waals surface area contributed by atoms with Gasteiger partial charge in [0.15, 0.2) is 5.82 Å². The van der Waals surface area contributed by atoms with E-state index in [1.165, 1.54) is 12.1 Å². The lowest BCUT2D eigenvalue weighted by Crippen LogP contribution is -2.46. The fourth-order valence-corrected chi connectivity index (χ4v) is 2.20.